The Morgan fingerprint density at radius 2 is 0.556 bits per heavy atom. The van der Waals surface area contributed by atoms with E-state index in [2.05, 4.69) is 0 Å². The van der Waals surface area contributed by atoms with Crippen LogP contribution in [0, 0.1) is 29.9 Å². The predicted molar refractivity (Wildman–Crippen MR) is 66.1 cm³/mol. The summed E-state index contributed by atoms with van der Waals surface area (Å²) in [4.78, 5) is 0. The van der Waals surface area contributed by atoms with Crippen LogP contribution in [-0.2, 0) is 0 Å². The standard InChI is InChI=1S/3C5H5.2ClH.Np/c3*1-2-4-5-3-1;;;/h3*1-5H;2*1H;/q3*-1;;;/p-2. The quantitative estimate of drug-likeness (QED) is 0.319. The zero-order valence-corrected chi connectivity index (χ0v) is 15.1. The Kier molecular flexibility index (Phi) is 24.0. The summed E-state index contributed by atoms with van der Waals surface area (Å²) in [7, 11) is 0. The molecule has 0 atom stereocenters. The fourth-order valence-electron chi connectivity index (χ4n) is 0.962. The molecule has 3 aromatic carbocycles. The molecular formula is C15H15Cl2Np-5. The molecule has 99 valence electrons. The fourth-order valence-corrected chi connectivity index (χ4v) is 0.962. The van der Waals surface area contributed by atoms with Gasteiger partial charge in [0.2, 0.25) is 0 Å². The molecule has 0 aliphatic rings. The van der Waals surface area contributed by atoms with Gasteiger partial charge in [0, 0.05) is 29.9 Å². The SMILES string of the molecule is [Cl-].[Cl-].[Np].c1cc[cH-]c1.c1cc[cH-]c1.c1cc[cH-]c1. The Morgan fingerprint density at radius 3 is 0.611 bits per heavy atom. The van der Waals surface area contributed by atoms with Gasteiger partial charge in [-0.1, -0.05) is 0 Å². The fraction of sp³-hybridized carbons (Fsp3) is 0. The van der Waals surface area contributed by atoms with Gasteiger partial charge >= 0.3 is 0 Å². The Morgan fingerprint density at radius 1 is 0.389 bits per heavy atom. The molecule has 0 fully saturated rings. The Bertz CT molecular complexity index is 246. The van der Waals surface area contributed by atoms with Gasteiger partial charge < -0.3 is 24.8 Å². The molecule has 0 nitrogen and oxygen atoms in total. The topological polar surface area (TPSA) is 0 Å². The first-order valence-corrected chi connectivity index (χ1v) is 5.00. The molecule has 0 bridgehead atoms. The monoisotopic (exact) mass is 501 g/mol. The van der Waals surface area contributed by atoms with Crippen LogP contribution in [0.4, 0.5) is 0 Å². The third kappa shape index (κ3) is 15.6. The van der Waals surface area contributed by atoms with Crippen molar-refractivity contribution < 1.29 is 54.8 Å². The molecule has 3 rings (SSSR count). The summed E-state index contributed by atoms with van der Waals surface area (Å²) in [5.74, 6) is 0. The Balaban J connectivity index is -0.000000173. The van der Waals surface area contributed by atoms with Crippen molar-refractivity contribution in [2.45, 2.75) is 0 Å². The van der Waals surface area contributed by atoms with Gasteiger partial charge in [-0.05, 0) is 0 Å². The Labute approximate surface area is 145 Å². The molecule has 0 aromatic heterocycles. The van der Waals surface area contributed by atoms with Crippen LogP contribution in [0.2, 0.25) is 0 Å². The van der Waals surface area contributed by atoms with E-state index in [0.717, 1.165) is 0 Å². The number of hydrogen-bond acceptors (Lipinski definition) is 0. The summed E-state index contributed by atoms with van der Waals surface area (Å²) >= 11 is 0. The van der Waals surface area contributed by atoms with Crippen molar-refractivity contribution >= 4 is 0 Å². The van der Waals surface area contributed by atoms with E-state index in [-0.39, 0.29) is 54.8 Å². The van der Waals surface area contributed by atoms with Crippen molar-refractivity contribution in [1.82, 2.24) is 0 Å². The molecule has 0 saturated carbocycles. The van der Waals surface area contributed by atoms with Crippen LogP contribution in [0.5, 0.6) is 0 Å². The zero-order valence-electron chi connectivity index (χ0n) is 9.86. The van der Waals surface area contributed by atoms with Crippen LogP contribution in [0.3, 0.4) is 0 Å². The average molecular weight is 503 g/mol. The smallest absolute Gasteiger partial charge is 0 e. The minimum absolute atomic E-state index is 0. The molecule has 3 aromatic rings. The van der Waals surface area contributed by atoms with Gasteiger partial charge in [0.1, 0.15) is 0 Å². The van der Waals surface area contributed by atoms with Crippen molar-refractivity contribution in [3.8, 4) is 0 Å². The van der Waals surface area contributed by atoms with Crippen molar-refractivity contribution in [3.05, 3.63) is 91.0 Å². The van der Waals surface area contributed by atoms with Gasteiger partial charge in [0.25, 0.3) is 0 Å². The molecule has 0 spiro atoms. The molecule has 0 aliphatic heterocycles. The second-order valence-corrected chi connectivity index (χ2v) is 2.89. The molecular weight excluding hydrogens is 488 g/mol. The first kappa shape index (κ1) is 22.8. The zero-order chi connectivity index (χ0) is 10.6. The molecule has 0 aliphatic carbocycles. The predicted octanol–water partition coefficient (Wildman–Crippen LogP) is -1.78. The molecule has 0 heterocycles. The molecule has 0 unspecified atom stereocenters. The molecule has 18 heavy (non-hydrogen) atoms. The maximum absolute atomic E-state index is 2.00. The molecule has 1 radical (unpaired) electrons. The van der Waals surface area contributed by atoms with Crippen molar-refractivity contribution in [1.29, 1.82) is 0 Å². The van der Waals surface area contributed by atoms with E-state index in [1.807, 2.05) is 91.0 Å². The normalized spacial score (nSPS) is 6.67. The van der Waals surface area contributed by atoms with Crippen LogP contribution >= 0.6 is 0 Å². The molecule has 0 saturated heterocycles. The third-order valence-corrected chi connectivity index (χ3v) is 1.67. The van der Waals surface area contributed by atoms with Crippen molar-refractivity contribution in [3.63, 3.8) is 0 Å². The summed E-state index contributed by atoms with van der Waals surface area (Å²) in [6.45, 7) is 0. The minimum Gasteiger partial charge on any atom is -1.00 e. The second kappa shape index (κ2) is 19.0. The maximum atomic E-state index is 2.00. The van der Waals surface area contributed by atoms with Gasteiger partial charge in [-0.25, -0.2) is 36.4 Å². The van der Waals surface area contributed by atoms with E-state index < -0.39 is 0 Å². The van der Waals surface area contributed by atoms with E-state index in [9.17, 15) is 0 Å². The summed E-state index contributed by atoms with van der Waals surface area (Å²) in [6.07, 6.45) is 0. The van der Waals surface area contributed by atoms with E-state index in [1.165, 1.54) is 0 Å². The third-order valence-electron chi connectivity index (χ3n) is 1.67. The largest absolute Gasteiger partial charge is 1.00 e. The second-order valence-electron chi connectivity index (χ2n) is 2.89. The first-order valence-electron chi connectivity index (χ1n) is 5.00. The van der Waals surface area contributed by atoms with Crippen LogP contribution in [0.15, 0.2) is 91.0 Å². The van der Waals surface area contributed by atoms with Crippen LogP contribution in [0.1, 0.15) is 0 Å². The summed E-state index contributed by atoms with van der Waals surface area (Å²) in [5, 5.41) is 0. The van der Waals surface area contributed by atoms with Gasteiger partial charge in [-0.3, -0.25) is 0 Å². The van der Waals surface area contributed by atoms with Crippen LogP contribution in [0.25, 0.3) is 0 Å². The maximum Gasteiger partial charge on any atom is 0 e. The van der Waals surface area contributed by atoms with E-state index >= 15 is 0 Å². The number of halogens is 2. The summed E-state index contributed by atoms with van der Waals surface area (Å²) < 4.78 is 0. The first-order chi connectivity index (χ1) is 7.50. The number of hydrogen-bond donors (Lipinski definition) is 0. The molecule has 0 N–H and O–H groups in total. The van der Waals surface area contributed by atoms with Crippen LogP contribution in [-0.4, -0.2) is 0 Å². The van der Waals surface area contributed by atoms with Gasteiger partial charge in [0.15, 0.2) is 0 Å². The summed E-state index contributed by atoms with van der Waals surface area (Å²) in [6, 6.07) is 30.0. The van der Waals surface area contributed by atoms with Crippen LogP contribution < -0.4 is 24.8 Å². The molecule has 0 amide bonds. The van der Waals surface area contributed by atoms with Crippen molar-refractivity contribution in [2.75, 3.05) is 0 Å². The van der Waals surface area contributed by atoms with Gasteiger partial charge in [-0.2, -0.15) is 54.6 Å². The van der Waals surface area contributed by atoms with E-state index in [0.29, 0.717) is 0 Å². The minimum atomic E-state index is 0. The Hall–Kier alpha value is -0.357. The summed E-state index contributed by atoms with van der Waals surface area (Å²) in [5.41, 5.74) is 0. The van der Waals surface area contributed by atoms with E-state index in [1.54, 1.807) is 0 Å². The van der Waals surface area contributed by atoms with Gasteiger partial charge in [-0.15, -0.1) is 0 Å². The molecule has 3 heteroatoms. The van der Waals surface area contributed by atoms with Crippen molar-refractivity contribution in [2.24, 2.45) is 0 Å². The van der Waals surface area contributed by atoms with E-state index in [4.69, 9.17) is 0 Å². The average Bonchev–Trinajstić information content (AvgIpc) is 3.09. The number of rotatable bonds is 0. The van der Waals surface area contributed by atoms with Gasteiger partial charge in [0.05, 0.1) is 0 Å².